The van der Waals surface area contributed by atoms with Gasteiger partial charge < -0.3 is 5.32 Å². The summed E-state index contributed by atoms with van der Waals surface area (Å²) in [6.45, 7) is 9.98. The van der Waals surface area contributed by atoms with Crippen molar-refractivity contribution in [2.24, 2.45) is 5.41 Å². The van der Waals surface area contributed by atoms with E-state index in [4.69, 9.17) is 11.6 Å². The third-order valence-corrected chi connectivity index (χ3v) is 5.37. The van der Waals surface area contributed by atoms with Crippen LogP contribution in [-0.2, 0) is 0 Å². The molecule has 1 aromatic carbocycles. The van der Waals surface area contributed by atoms with Crippen LogP contribution in [0.2, 0.25) is 5.02 Å². The van der Waals surface area contributed by atoms with E-state index in [-0.39, 0.29) is 0 Å². The molecule has 1 aliphatic rings. The van der Waals surface area contributed by atoms with Crippen molar-refractivity contribution in [1.29, 1.82) is 0 Å². The smallest absolute Gasteiger partial charge is 0.0438 e. The van der Waals surface area contributed by atoms with E-state index in [1.54, 1.807) is 0 Å². The van der Waals surface area contributed by atoms with E-state index in [0.717, 1.165) is 11.6 Å². The minimum Gasteiger partial charge on any atom is -0.310 e. The van der Waals surface area contributed by atoms with E-state index in [9.17, 15) is 0 Å². The number of halogens is 1. The molecule has 0 radical (unpaired) electrons. The average molecular weight is 294 g/mol. The van der Waals surface area contributed by atoms with Crippen molar-refractivity contribution in [3.63, 3.8) is 0 Å². The maximum atomic E-state index is 6.27. The van der Waals surface area contributed by atoms with Gasteiger partial charge in [0.1, 0.15) is 0 Å². The summed E-state index contributed by atoms with van der Waals surface area (Å²) < 4.78 is 0. The standard InChI is InChI=1S/C18H28ClN/c1-5-20-17(18(4)9-7-6-8-10-18)15-11-14(3)16(19)12-13(15)2/h11-12,17,20H,5-10H2,1-4H3. The Morgan fingerprint density at radius 2 is 1.80 bits per heavy atom. The van der Waals surface area contributed by atoms with E-state index in [1.165, 1.54) is 48.8 Å². The molecule has 1 atom stereocenters. The van der Waals surface area contributed by atoms with Crippen molar-refractivity contribution in [3.8, 4) is 0 Å². The van der Waals surface area contributed by atoms with Crippen LogP contribution in [0.15, 0.2) is 12.1 Å². The minimum atomic E-state index is 0.374. The first-order chi connectivity index (χ1) is 9.48. The lowest BCUT2D eigenvalue weighted by molar-refractivity contribution is 0.145. The molecule has 1 N–H and O–H groups in total. The molecule has 1 aromatic rings. The third-order valence-electron chi connectivity index (χ3n) is 4.96. The largest absolute Gasteiger partial charge is 0.310 e. The molecular weight excluding hydrogens is 266 g/mol. The summed E-state index contributed by atoms with van der Waals surface area (Å²) in [6, 6.07) is 4.87. The maximum Gasteiger partial charge on any atom is 0.0438 e. The molecular formula is C18H28ClN. The Bertz CT molecular complexity index is 461. The summed E-state index contributed by atoms with van der Waals surface area (Å²) in [5, 5.41) is 4.64. The quantitative estimate of drug-likeness (QED) is 0.764. The zero-order valence-corrected chi connectivity index (χ0v) is 14.1. The molecule has 0 amide bonds. The number of rotatable bonds is 4. The molecule has 1 aliphatic carbocycles. The van der Waals surface area contributed by atoms with E-state index >= 15 is 0 Å². The number of aryl methyl sites for hydroxylation is 2. The van der Waals surface area contributed by atoms with Crippen molar-refractivity contribution in [1.82, 2.24) is 5.32 Å². The van der Waals surface area contributed by atoms with Crippen LogP contribution in [0.3, 0.4) is 0 Å². The first-order valence-corrected chi connectivity index (χ1v) is 8.36. The molecule has 0 aromatic heterocycles. The van der Waals surface area contributed by atoms with Gasteiger partial charge in [-0.2, -0.15) is 0 Å². The first kappa shape index (κ1) is 15.9. The van der Waals surface area contributed by atoms with Crippen LogP contribution in [-0.4, -0.2) is 6.54 Å². The van der Waals surface area contributed by atoms with Crippen molar-refractivity contribution in [2.75, 3.05) is 6.54 Å². The van der Waals surface area contributed by atoms with Gasteiger partial charge in [0.25, 0.3) is 0 Å². The van der Waals surface area contributed by atoms with E-state index in [2.05, 4.69) is 45.1 Å². The Morgan fingerprint density at radius 3 is 2.40 bits per heavy atom. The van der Waals surface area contributed by atoms with Gasteiger partial charge in [-0.25, -0.2) is 0 Å². The van der Waals surface area contributed by atoms with Gasteiger partial charge in [0.15, 0.2) is 0 Å². The average Bonchev–Trinajstić information content (AvgIpc) is 2.41. The molecule has 1 unspecified atom stereocenters. The molecule has 0 aliphatic heterocycles. The molecule has 20 heavy (non-hydrogen) atoms. The lowest BCUT2D eigenvalue weighted by Gasteiger charge is -2.42. The maximum absolute atomic E-state index is 6.27. The topological polar surface area (TPSA) is 12.0 Å². The van der Waals surface area contributed by atoms with Gasteiger partial charge in [0.2, 0.25) is 0 Å². The van der Waals surface area contributed by atoms with Gasteiger partial charge in [-0.15, -0.1) is 0 Å². The highest BCUT2D eigenvalue weighted by Crippen LogP contribution is 2.46. The Balaban J connectivity index is 2.40. The molecule has 112 valence electrons. The first-order valence-electron chi connectivity index (χ1n) is 7.98. The Labute approximate surface area is 129 Å². The van der Waals surface area contributed by atoms with Gasteiger partial charge in [-0.1, -0.05) is 50.8 Å². The predicted molar refractivity (Wildman–Crippen MR) is 88.5 cm³/mol. The highest BCUT2D eigenvalue weighted by Gasteiger charge is 2.36. The normalized spacial score (nSPS) is 19.9. The van der Waals surface area contributed by atoms with Crippen molar-refractivity contribution >= 4 is 11.6 Å². The number of hydrogen-bond acceptors (Lipinski definition) is 1. The van der Waals surface area contributed by atoms with Gasteiger partial charge in [0.05, 0.1) is 0 Å². The zero-order valence-electron chi connectivity index (χ0n) is 13.4. The van der Waals surface area contributed by atoms with Crippen molar-refractivity contribution < 1.29 is 0 Å². The molecule has 2 rings (SSSR count). The highest BCUT2D eigenvalue weighted by atomic mass is 35.5. The monoisotopic (exact) mass is 293 g/mol. The molecule has 0 spiro atoms. The second-order valence-corrected chi connectivity index (χ2v) is 7.07. The lowest BCUT2D eigenvalue weighted by Crippen LogP contribution is -2.38. The molecule has 1 fully saturated rings. The van der Waals surface area contributed by atoms with Crippen molar-refractivity contribution in [3.05, 3.63) is 33.8 Å². The van der Waals surface area contributed by atoms with Crippen LogP contribution in [0.25, 0.3) is 0 Å². The van der Waals surface area contributed by atoms with E-state index in [0.29, 0.717) is 11.5 Å². The molecule has 0 bridgehead atoms. The van der Waals surface area contributed by atoms with Crippen LogP contribution >= 0.6 is 11.6 Å². The summed E-state index contributed by atoms with van der Waals surface area (Å²) >= 11 is 6.27. The van der Waals surface area contributed by atoms with Crippen LogP contribution in [0.4, 0.5) is 0 Å². The zero-order chi connectivity index (χ0) is 14.8. The highest BCUT2D eigenvalue weighted by molar-refractivity contribution is 6.31. The predicted octanol–water partition coefficient (Wildman–Crippen LogP) is 5.58. The Hall–Kier alpha value is -0.530. The number of benzene rings is 1. The van der Waals surface area contributed by atoms with Crippen molar-refractivity contribution in [2.45, 2.75) is 65.8 Å². The second-order valence-electron chi connectivity index (χ2n) is 6.66. The van der Waals surface area contributed by atoms with Gasteiger partial charge in [-0.05, 0) is 61.4 Å². The molecule has 2 heteroatoms. The summed E-state index contributed by atoms with van der Waals surface area (Å²) in [5.41, 5.74) is 4.32. The van der Waals surface area contributed by atoms with E-state index in [1.807, 2.05) is 0 Å². The number of hydrogen-bond donors (Lipinski definition) is 1. The van der Waals surface area contributed by atoms with Gasteiger partial charge in [0, 0.05) is 11.1 Å². The number of nitrogens with one attached hydrogen (secondary N) is 1. The van der Waals surface area contributed by atoms with Crippen LogP contribution in [0.1, 0.15) is 68.7 Å². The summed E-state index contributed by atoms with van der Waals surface area (Å²) in [4.78, 5) is 0. The lowest BCUT2D eigenvalue weighted by atomic mass is 9.68. The van der Waals surface area contributed by atoms with Crippen LogP contribution < -0.4 is 5.32 Å². The van der Waals surface area contributed by atoms with E-state index < -0.39 is 0 Å². The fourth-order valence-electron chi connectivity index (χ4n) is 3.70. The molecule has 0 heterocycles. The summed E-state index contributed by atoms with van der Waals surface area (Å²) in [5.74, 6) is 0. The van der Waals surface area contributed by atoms with Crippen LogP contribution in [0.5, 0.6) is 0 Å². The van der Waals surface area contributed by atoms with Crippen LogP contribution in [0, 0.1) is 19.3 Å². The molecule has 1 nitrogen and oxygen atoms in total. The fraction of sp³-hybridized carbons (Fsp3) is 0.667. The summed E-state index contributed by atoms with van der Waals surface area (Å²) in [6.07, 6.45) is 6.78. The Morgan fingerprint density at radius 1 is 1.15 bits per heavy atom. The van der Waals surface area contributed by atoms with Gasteiger partial charge in [-0.3, -0.25) is 0 Å². The summed E-state index contributed by atoms with van der Waals surface area (Å²) in [7, 11) is 0. The second kappa shape index (κ2) is 6.49. The molecule has 1 saturated carbocycles. The fourth-order valence-corrected chi connectivity index (χ4v) is 3.92. The third kappa shape index (κ3) is 3.20. The Kier molecular flexibility index (Phi) is 5.14. The van der Waals surface area contributed by atoms with Gasteiger partial charge >= 0.3 is 0 Å². The molecule has 0 saturated heterocycles. The SMILES string of the molecule is CCNC(c1cc(C)c(Cl)cc1C)C1(C)CCCCC1. The minimum absolute atomic E-state index is 0.374.